The topological polar surface area (TPSA) is 39.5 Å². The fraction of sp³-hybridized carbons (Fsp3) is 0.0952. The second kappa shape index (κ2) is 4.79. The summed E-state index contributed by atoms with van der Waals surface area (Å²) in [6.45, 7) is -1.78. The van der Waals surface area contributed by atoms with Crippen LogP contribution in [0.1, 0.15) is 9.68 Å². The van der Waals surface area contributed by atoms with Crippen LogP contribution >= 0.6 is 0 Å². The normalized spacial score (nSPS) is 14.8. The molecule has 1 aliphatic rings. The Hall–Kier alpha value is -3.47. The Morgan fingerprint density at radius 1 is 1.08 bits per heavy atom. The van der Waals surface area contributed by atoms with Crippen molar-refractivity contribution < 1.29 is 8.68 Å². The van der Waals surface area contributed by atoms with E-state index in [4.69, 9.17) is 4.11 Å². The number of pyridine rings is 2. The van der Waals surface area contributed by atoms with Crippen molar-refractivity contribution in [3.8, 4) is 17.2 Å². The second-order valence-corrected chi connectivity index (χ2v) is 6.49. The van der Waals surface area contributed by atoms with Gasteiger partial charge in [-0.15, -0.1) is 0 Å². The van der Waals surface area contributed by atoms with Crippen LogP contribution in [0.5, 0.6) is 0 Å². The van der Waals surface area contributed by atoms with Crippen molar-refractivity contribution in [2.45, 2.75) is 6.54 Å². The van der Waals surface area contributed by atoms with Gasteiger partial charge in [-0.2, -0.15) is 0 Å². The molecule has 4 aromatic heterocycles. The van der Waals surface area contributed by atoms with Crippen molar-refractivity contribution in [2.75, 3.05) is 0 Å². The maximum absolute atomic E-state index is 8.30. The van der Waals surface area contributed by atoms with Crippen LogP contribution in [0.15, 0.2) is 67.1 Å². The molecule has 0 fully saturated rings. The van der Waals surface area contributed by atoms with Crippen LogP contribution in [-0.2, 0) is 13.5 Å². The number of hydrogen-bond donors (Lipinski definition) is 0. The molecular weight excluding hydrogens is 322 g/mol. The van der Waals surface area contributed by atoms with Crippen LogP contribution < -0.4 is 4.57 Å². The minimum atomic E-state index is -2.36. The van der Waals surface area contributed by atoms with Gasteiger partial charge in [0, 0.05) is 24.2 Å². The van der Waals surface area contributed by atoms with Gasteiger partial charge in [0.05, 0.1) is 23.0 Å². The van der Waals surface area contributed by atoms with E-state index in [0.717, 1.165) is 33.5 Å². The van der Waals surface area contributed by atoms with Gasteiger partial charge in [-0.25, -0.2) is 14.1 Å². The maximum Gasteiger partial charge on any atom is 0.275 e. The van der Waals surface area contributed by atoms with E-state index in [9.17, 15) is 0 Å². The van der Waals surface area contributed by atoms with Crippen molar-refractivity contribution in [1.29, 1.82) is 0 Å². The van der Waals surface area contributed by atoms with E-state index in [1.807, 2.05) is 48.5 Å². The molecule has 0 radical (unpaired) electrons. The molecule has 5 nitrogen and oxygen atoms in total. The van der Waals surface area contributed by atoms with Gasteiger partial charge in [0.25, 0.3) is 11.5 Å². The number of fused-ring (bicyclic) bond motifs is 7. The molecule has 0 spiro atoms. The lowest BCUT2D eigenvalue weighted by molar-refractivity contribution is -0.648. The van der Waals surface area contributed by atoms with Gasteiger partial charge in [-0.05, 0) is 24.3 Å². The van der Waals surface area contributed by atoms with Gasteiger partial charge in [0.15, 0.2) is 5.52 Å². The van der Waals surface area contributed by atoms with Gasteiger partial charge in [0.1, 0.15) is 16.9 Å². The maximum atomic E-state index is 8.30. The van der Waals surface area contributed by atoms with Crippen LogP contribution in [0.25, 0.3) is 39.3 Å². The zero-order valence-corrected chi connectivity index (χ0v) is 13.8. The zero-order chi connectivity index (χ0) is 19.8. The number of para-hydroxylation sites is 1. The van der Waals surface area contributed by atoms with Gasteiger partial charge in [-0.1, -0.05) is 24.3 Å². The molecule has 0 aliphatic carbocycles. The summed E-state index contributed by atoms with van der Waals surface area (Å²) in [5.74, 6) is 0.612. The summed E-state index contributed by atoms with van der Waals surface area (Å²) < 4.78 is 30.5. The SMILES string of the molecule is [2H]C([2H])([2H])n1c2[n+](c3c1c1cnccc1n3-c1ccccc1)Cc1cccnc1-2. The van der Waals surface area contributed by atoms with E-state index in [-0.39, 0.29) is 0 Å². The fourth-order valence-corrected chi connectivity index (χ4v) is 4.06. The number of aromatic nitrogens is 5. The van der Waals surface area contributed by atoms with Gasteiger partial charge in [-0.3, -0.25) is 9.55 Å². The highest BCUT2D eigenvalue weighted by atomic mass is 15.3. The first kappa shape index (κ1) is 11.2. The standard InChI is InChI=1S/C21H16N5/c1-24-19-16-12-22-11-9-17(16)26(15-7-3-2-4-8-15)21(19)25-13-14-6-5-10-23-18(14)20(24)25/h2-12H,13H2,1H3/q+1/i1D3. The molecule has 0 atom stereocenters. The lowest BCUT2D eigenvalue weighted by Gasteiger charge is -2.03. The van der Waals surface area contributed by atoms with Crippen molar-refractivity contribution in [3.05, 3.63) is 72.7 Å². The number of nitrogens with zero attached hydrogens (tertiary/aromatic N) is 5. The quantitative estimate of drug-likeness (QED) is 0.431. The van der Waals surface area contributed by atoms with E-state index < -0.39 is 6.98 Å². The third-order valence-electron chi connectivity index (χ3n) is 5.11. The largest absolute Gasteiger partial charge is 0.275 e. The summed E-state index contributed by atoms with van der Waals surface area (Å²) >= 11 is 0. The summed E-state index contributed by atoms with van der Waals surface area (Å²) in [6.07, 6.45) is 5.19. The summed E-state index contributed by atoms with van der Waals surface area (Å²) in [6, 6.07) is 15.8. The van der Waals surface area contributed by atoms with Gasteiger partial charge in [0.2, 0.25) is 0 Å². The molecule has 26 heavy (non-hydrogen) atoms. The molecule has 5 heteroatoms. The smallest absolute Gasteiger partial charge is 0.264 e. The molecule has 5 heterocycles. The third kappa shape index (κ3) is 1.57. The number of benzene rings is 1. The minimum absolute atomic E-state index is 0.578. The number of imidazole rings is 1. The Morgan fingerprint density at radius 2 is 2.00 bits per heavy atom. The lowest BCUT2D eigenvalue weighted by atomic mass is 10.2. The number of rotatable bonds is 1. The Labute approximate surface area is 154 Å². The van der Waals surface area contributed by atoms with E-state index in [0.29, 0.717) is 17.9 Å². The monoisotopic (exact) mass is 341 g/mol. The summed E-state index contributed by atoms with van der Waals surface area (Å²) in [4.78, 5) is 8.80. The van der Waals surface area contributed by atoms with E-state index in [1.165, 1.54) is 4.57 Å². The molecule has 6 rings (SSSR count). The average Bonchev–Trinajstić information content (AvgIpc) is 3.34. The first-order valence-electron chi connectivity index (χ1n) is 9.98. The molecular formula is C21H16N5+. The molecule has 0 amide bonds. The summed E-state index contributed by atoms with van der Waals surface area (Å²) in [7, 11) is 0. The minimum Gasteiger partial charge on any atom is -0.264 e. The summed E-state index contributed by atoms with van der Waals surface area (Å²) in [5.41, 5.74) is 5.13. The number of hydrogen-bond acceptors (Lipinski definition) is 2. The number of aryl methyl sites for hydroxylation is 1. The van der Waals surface area contributed by atoms with Crippen molar-refractivity contribution in [1.82, 2.24) is 19.1 Å². The Morgan fingerprint density at radius 3 is 2.88 bits per heavy atom. The molecule has 0 bridgehead atoms. The van der Waals surface area contributed by atoms with E-state index in [1.54, 1.807) is 18.6 Å². The highest BCUT2D eigenvalue weighted by Crippen LogP contribution is 2.35. The summed E-state index contributed by atoms with van der Waals surface area (Å²) in [5, 5.41) is 0.807. The van der Waals surface area contributed by atoms with E-state index in [2.05, 4.69) is 19.1 Å². The van der Waals surface area contributed by atoms with Gasteiger partial charge < -0.3 is 0 Å². The fourth-order valence-electron chi connectivity index (χ4n) is 4.06. The highest BCUT2D eigenvalue weighted by molar-refractivity contribution is 6.05. The molecule has 0 saturated heterocycles. The third-order valence-corrected chi connectivity index (χ3v) is 5.11. The molecule has 0 saturated carbocycles. The first-order valence-corrected chi connectivity index (χ1v) is 8.48. The molecule has 5 aromatic rings. The van der Waals surface area contributed by atoms with Crippen LogP contribution in [-0.4, -0.2) is 19.1 Å². The highest BCUT2D eigenvalue weighted by Gasteiger charge is 2.36. The van der Waals surface area contributed by atoms with Crippen molar-refractivity contribution in [3.63, 3.8) is 0 Å². The lowest BCUT2D eigenvalue weighted by Crippen LogP contribution is -2.33. The first-order chi connectivity index (χ1) is 14.1. The van der Waals surface area contributed by atoms with Gasteiger partial charge >= 0.3 is 0 Å². The van der Waals surface area contributed by atoms with Crippen LogP contribution in [0, 0.1) is 0 Å². The predicted octanol–water partition coefficient (Wildman–Crippen LogP) is 3.23. The predicted molar refractivity (Wildman–Crippen MR) is 100 cm³/mol. The van der Waals surface area contributed by atoms with Crippen LogP contribution in [0.2, 0.25) is 0 Å². The molecule has 1 aromatic carbocycles. The van der Waals surface area contributed by atoms with Crippen LogP contribution in [0.4, 0.5) is 0 Å². The second-order valence-electron chi connectivity index (χ2n) is 6.49. The van der Waals surface area contributed by atoms with E-state index >= 15 is 0 Å². The Bertz CT molecular complexity index is 1410. The van der Waals surface area contributed by atoms with Crippen molar-refractivity contribution >= 4 is 22.1 Å². The average molecular weight is 341 g/mol. The molecule has 0 N–H and O–H groups in total. The Balaban J connectivity index is 1.87. The molecule has 124 valence electrons. The van der Waals surface area contributed by atoms with Crippen molar-refractivity contribution in [2.24, 2.45) is 6.98 Å². The van der Waals surface area contributed by atoms with Crippen LogP contribution in [0.3, 0.4) is 0 Å². The Kier molecular flexibility index (Phi) is 2.06. The zero-order valence-electron chi connectivity index (χ0n) is 16.8. The molecule has 0 unspecified atom stereocenters. The molecule has 1 aliphatic heterocycles.